The molecule has 2 heterocycles. The van der Waals surface area contributed by atoms with Crippen LogP contribution < -0.4 is 14.5 Å². The minimum absolute atomic E-state index is 0.00928. The van der Waals surface area contributed by atoms with Gasteiger partial charge < -0.3 is 19.4 Å². The van der Waals surface area contributed by atoms with Crippen LogP contribution in [0.2, 0.25) is 0 Å². The third-order valence-corrected chi connectivity index (χ3v) is 4.91. The second kappa shape index (κ2) is 7.82. The maximum atomic E-state index is 13.1. The number of anilines is 2. The van der Waals surface area contributed by atoms with Gasteiger partial charge in [-0.15, -0.1) is 0 Å². The molecule has 0 radical (unpaired) electrons. The first-order chi connectivity index (χ1) is 12.9. The Morgan fingerprint density at radius 3 is 2.63 bits per heavy atom. The van der Waals surface area contributed by atoms with Gasteiger partial charge in [-0.25, -0.2) is 9.97 Å². The predicted octanol–water partition coefficient (Wildman–Crippen LogP) is 2.21. The van der Waals surface area contributed by atoms with Crippen molar-refractivity contribution in [2.24, 2.45) is 0 Å². The van der Waals surface area contributed by atoms with Crippen LogP contribution in [0, 0.1) is 6.92 Å². The highest BCUT2D eigenvalue weighted by atomic mass is 16.5. The van der Waals surface area contributed by atoms with Crippen LogP contribution in [0.5, 0.6) is 5.75 Å². The number of carbonyl (C=O) groups excluding carboxylic acids is 1. The van der Waals surface area contributed by atoms with Gasteiger partial charge in [-0.3, -0.25) is 4.79 Å². The zero-order valence-electron chi connectivity index (χ0n) is 16.6. The number of aryl methyl sites for hydroxylation is 1. The Morgan fingerprint density at radius 2 is 2.00 bits per heavy atom. The van der Waals surface area contributed by atoms with Gasteiger partial charge in [0.25, 0.3) is 5.91 Å². The number of methoxy groups -OCH3 is 1. The number of aromatic nitrogens is 2. The van der Waals surface area contributed by atoms with Crippen molar-refractivity contribution < 1.29 is 9.53 Å². The minimum atomic E-state index is -0.00928. The Labute approximate surface area is 160 Å². The zero-order chi connectivity index (χ0) is 19.6. The molecular formula is C20H27N5O2. The van der Waals surface area contributed by atoms with E-state index in [1.165, 1.54) is 0 Å². The van der Waals surface area contributed by atoms with Crippen molar-refractivity contribution in [3.8, 4) is 5.75 Å². The van der Waals surface area contributed by atoms with E-state index in [1.54, 1.807) is 13.3 Å². The Morgan fingerprint density at radius 1 is 1.26 bits per heavy atom. The van der Waals surface area contributed by atoms with Crippen molar-refractivity contribution in [2.75, 3.05) is 50.6 Å². The number of amides is 1. The highest BCUT2D eigenvalue weighted by Gasteiger charge is 2.30. The van der Waals surface area contributed by atoms with Crippen LogP contribution in [0.4, 0.5) is 11.6 Å². The molecule has 1 saturated heterocycles. The number of ether oxygens (including phenoxy) is 1. The first-order valence-electron chi connectivity index (χ1n) is 9.12. The summed E-state index contributed by atoms with van der Waals surface area (Å²) < 4.78 is 5.48. The summed E-state index contributed by atoms with van der Waals surface area (Å²) in [4.78, 5) is 27.8. The maximum absolute atomic E-state index is 13.1. The molecule has 27 heavy (non-hydrogen) atoms. The van der Waals surface area contributed by atoms with Crippen LogP contribution in [0.3, 0.4) is 0 Å². The Bertz CT molecular complexity index is 824. The van der Waals surface area contributed by atoms with Gasteiger partial charge in [-0.05, 0) is 26.0 Å². The first-order valence-corrected chi connectivity index (χ1v) is 9.12. The van der Waals surface area contributed by atoms with E-state index in [2.05, 4.69) is 27.9 Å². The Balaban J connectivity index is 1.76. The summed E-state index contributed by atoms with van der Waals surface area (Å²) in [6, 6.07) is 8.06. The van der Waals surface area contributed by atoms with Crippen LogP contribution in [-0.4, -0.2) is 67.7 Å². The molecule has 144 valence electrons. The normalized spacial score (nSPS) is 17.0. The fourth-order valence-corrected chi connectivity index (χ4v) is 3.40. The van der Waals surface area contributed by atoms with E-state index in [1.807, 2.05) is 49.0 Å². The minimum Gasteiger partial charge on any atom is -0.495 e. The first kappa shape index (κ1) is 18.9. The summed E-state index contributed by atoms with van der Waals surface area (Å²) in [5, 5.41) is 0. The number of piperazine rings is 1. The van der Waals surface area contributed by atoms with E-state index in [0.29, 0.717) is 23.8 Å². The fraction of sp³-hybridized carbons (Fsp3) is 0.450. The van der Waals surface area contributed by atoms with Gasteiger partial charge in [-0.2, -0.15) is 0 Å². The summed E-state index contributed by atoms with van der Waals surface area (Å²) in [5.74, 6) is 1.45. The third kappa shape index (κ3) is 3.82. The van der Waals surface area contributed by atoms with Crippen molar-refractivity contribution in [3.63, 3.8) is 0 Å². The molecule has 0 saturated carbocycles. The van der Waals surface area contributed by atoms with E-state index in [9.17, 15) is 4.79 Å². The number of rotatable bonds is 4. The van der Waals surface area contributed by atoms with E-state index in [0.717, 1.165) is 24.5 Å². The molecule has 7 heteroatoms. The van der Waals surface area contributed by atoms with Gasteiger partial charge >= 0.3 is 0 Å². The molecule has 1 amide bonds. The second-order valence-electron chi connectivity index (χ2n) is 7.03. The van der Waals surface area contributed by atoms with Crippen LogP contribution >= 0.6 is 0 Å². The maximum Gasteiger partial charge on any atom is 0.257 e. The molecule has 0 N–H and O–H groups in total. The van der Waals surface area contributed by atoms with Crippen LogP contribution in [0.15, 0.2) is 30.5 Å². The number of para-hydroxylation sites is 2. The van der Waals surface area contributed by atoms with E-state index in [4.69, 9.17) is 4.74 Å². The van der Waals surface area contributed by atoms with Crippen molar-refractivity contribution in [2.45, 2.75) is 19.9 Å². The largest absolute Gasteiger partial charge is 0.495 e. The fourth-order valence-electron chi connectivity index (χ4n) is 3.40. The van der Waals surface area contributed by atoms with Crippen LogP contribution in [-0.2, 0) is 0 Å². The standard InChI is InChI=1S/C20H27N5O2/c1-14-13-24(17-8-6-7-9-18(17)27-5)10-11-25(14)19(26)16-12-21-20(23(3)4)22-15(16)2/h6-9,12,14H,10-11,13H2,1-5H3/t14-/m1/s1. The van der Waals surface area contributed by atoms with E-state index in [-0.39, 0.29) is 11.9 Å². The number of hydrogen-bond donors (Lipinski definition) is 0. The zero-order valence-corrected chi connectivity index (χ0v) is 16.6. The van der Waals surface area contributed by atoms with Crippen LogP contribution in [0.1, 0.15) is 23.0 Å². The van der Waals surface area contributed by atoms with Gasteiger partial charge in [0.2, 0.25) is 5.95 Å². The van der Waals surface area contributed by atoms with Gasteiger partial charge in [0.1, 0.15) is 5.75 Å². The summed E-state index contributed by atoms with van der Waals surface area (Å²) in [6.45, 7) is 6.09. The summed E-state index contributed by atoms with van der Waals surface area (Å²) in [6.07, 6.45) is 1.64. The number of carbonyl (C=O) groups is 1. The molecular weight excluding hydrogens is 342 g/mol. The molecule has 1 aliphatic heterocycles. The smallest absolute Gasteiger partial charge is 0.257 e. The van der Waals surface area contributed by atoms with Crippen molar-refractivity contribution in [3.05, 3.63) is 41.7 Å². The molecule has 1 aromatic carbocycles. The molecule has 0 bridgehead atoms. The summed E-state index contributed by atoms with van der Waals surface area (Å²) >= 11 is 0. The Kier molecular flexibility index (Phi) is 5.48. The highest BCUT2D eigenvalue weighted by molar-refractivity contribution is 5.95. The van der Waals surface area contributed by atoms with Crippen molar-refractivity contribution in [1.29, 1.82) is 0 Å². The Hall–Kier alpha value is -2.83. The van der Waals surface area contributed by atoms with Gasteiger partial charge in [-0.1, -0.05) is 12.1 Å². The number of benzene rings is 1. The van der Waals surface area contributed by atoms with Gasteiger partial charge in [0.05, 0.1) is 24.1 Å². The number of nitrogens with zero attached hydrogens (tertiary/aromatic N) is 5. The van der Waals surface area contributed by atoms with E-state index >= 15 is 0 Å². The lowest BCUT2D eigenvalue weighted by atomic mass is 10.1. The molecule has 0 spiro atoms. The summed E-state index contributed by atoms with van der Waals surface area (Å²) in [5.41, 5.74) is 2.34. The van der Waals surface area contributed by atoms with Crippen molar-refractivity contribution >= 4 is 17.5 Å². The lowest BCUT2D eigenvalue weighted by molar-refractivity contribution is 0.0672. The molecule has 3 rings (SSSR count). The number of hydrogen-bond acceptors (Lipinski definition) is 6. The monoisotopic (exact) mass is 369 g/mol. The molecule has 2 aromatic rings. The lowest BCUT2D eigenvalue weighted by Gasteiger charge is -2.41. The molecule has 0 aliphatic carbocycles. The molecule has 1 aliphatic rings. The molecule has 7 nitrogen and oxygen atoms in total. The SMILES string of the molecule is COc1ccccc1N1CCN(C(=O)c2cnc(N(C)C)nc2C)[C@H](C)C1. The van der Waals surface area contributed by atoms with Gasteiger partial charge in [0, 0.05) is 46.0 Å². The van der Waals surface area contributed by atoms with Crippen LogP contribution in [0.25, 0.3) is 0 Å². The highest BCUT2D eigenvalue weighted by Crippen LogP contribution is 2.29. The average Bonchev–Trinajstić information content (AvgIpc) is 2.67. The molecule has 1 atom stereocenters. The predicted molar refractivity (Wildman–Crippen MR) is 107 cm³/mol. The molecule has 0 unspecified atom stereocenters. The second-order valence-corrected chi connectivity index (χ2v) is 7.03. The van der Waals surface area contributed by atoms with Gasteiger partial charge in [0.15, 0.2) is 0 Å². The molecule has 1 fully saturated rings. The lowest BCUT2D eigenvalue weighted by Crippen LogP contribution is -2.54. The summed E-state index contributed by atoms with van der Waals surface area (Å²) in [7, 11) is 5.45. The molecule has 1 aromatic heterocycles. The van der Waals surface area contributed by atoms with E-state index < -0.39 is 0 Å². The third-order valence-electron chi connectivity index (χ3n) is 4.91. The average molecular weight is 369 g/mol. The quantitative estimate of drug-likeness (QED) is 0.823. The van der Waals surface area contributed by atoms with Crippen molar-refractivity contribution in [1.82, 2.24) is 14.9 Å². The topological polar surface area (TPSA) is 61.8 Å².